The van der Waals surface area contributed by atoms with Gasteiger partial charge in [-0.15, -0.1) is 0 Å². The predicted molar refractivity (Wildman–Crippen MR) is 123 cm³/mol. The van der Waals surface area contributed by atoms with Crippen molar-refractivity contribution in [1.29, 1.82) is 0 Å². The van der Waals surface area contributed by atoms with Gasteiger partial charge in [0.25, 0.3) is 0 Å². The van der Waals surface area contributed by atoms with Crippen molar-refractivity contribution < 1.29 is 4.79 Å². The number of hydrogen-bond donors (Lipinski definition) is 1. The van der Waals surface area contributed by atoms with E-state index in [2.05, 4.69) is 69.7 Å². The number of carbonyl (C=O) groups excluding carboxylic acids is 1. The molecule has 0 spiro atoms. The first kappa shape index (κ1) is 20.7. The van der Waals surface area contributed by atoms with E-state index >= 15 is 0 Å². The molecule has 4 rings (SSSR count). The topological polar surface area (TPSA) is 38.8 Å². The Bertz CT molecular complexity index is 774. The number of nitrogens with zero attached hydrogens (tertiary/aromatic N) is 3. The summed E-state index contributed by atoms with van der Waals surface area (Å²) < 4.78 is 0. The molecule has 5 nitrogen and oxygen atoms in total. The van der Waals surface area contributed by atoms with Crippen LogP contribution in [0.1, 0.15) is 30.7 Å². The summed E-state index contributed by atoms with van der Waals surface area (Å²) in [5, 5.41) is 3.12. The van der Waals surface area contributed by atoms with Gasteiger partial charge in [-0.3, -0.25) is 4.90 Å². The van der Waals surface area contributed by atoms with Crippen molar-refractivity contribution in [3.05, 3.63) is 66.2 Å². The quantitative estimate of drug-likeness (QED) is 0.711. The molecule has 2 aliphatic rings. The molecule has 2 aromatic rings. The molecule has 0 unspecified atom stereocenters. The fourth-order valence-corrected chi connectivity index (χ4v) is 4.58. The fraction of sp³-hybridized carbons (Fsp3) is 0.480. The summed E-state index contributed by atoms with van der Waals surface area (Å²) in [5.74, 6) is 0.478. The van der Waals surface area contributed by atoms with E-state index in [0.29, 0.717) is 5.92 Å². The van der Waals surface area contributed by atoms with Crippen molar-refractivity contribution in [2.75, 3.05) is 57.3 Å². The molecule has 2 aromatic carbocycles. The van der Waals surface area contributed by atoms with Gasteiger partial charge >= 0.3 is 6.03 Å². The normalized spacial score (nSPS) is 19.8. The number of piperazine rings is 1. The number of carbonyl (C=O) groups is 1. The number of hydrogen-bond acceptors (Lipinski definition) is 3. The van der Waals surface area contributed by atoms with Gasteiger partial charge in [-0.05, 0) is 43.5 Å². The SMILES string of the molecule is O=C(NCCCCN1CCN(c2ccccc2)CC1)N1CC[C@H](c2ccccc2)C1. The monoisotopic (exact) mass is 406 g/mol. The predicted octanol–water partition coefficient (Wildman–Crippen LogP) is 3.79. The van der Waals surface area contributed by atoms with Gasteiger partial charge < -0.3 is 15.1 Å². The van der Waals surface area contributed by atoms with E-state index in [4.69, 9.17) is 0 Å². The molecule has 2 amide bonds. The molecule has 2 fully saturated rings. The van der Waals surface area contributed by atoms with Crippen LogP contribution in [0.2, 0.25) is 0 Å². The maximum absolute atomic E-state index is 12.5. The van der Waals surface area contributed by atoms with Crippen LogP contribution in [0.5, 0.6) is 0 Å². The van der Waals surface area contributed by atoms with E-state index in [1.807, 2.05) is 11.0 Å². The molecule has 160 valence electrons. The highest BCUT2D eigenvalue weighted by Gasteiger charge is 2.26. The molecule has 1 N–H and O–H groups in total. The van der Waals surface area contributed by atoms with Crippen LogP contribution in [0, 0.1) is 0 Å². The Kier molecular flexibility index (Phi) is 7.25. The summed E-state index contributed by atoms with van der Waals surface area (Å²) in [6.07, 6.45) is 3.24. The minimum Gasteiger partial charge on any atom is -0.369 e. The van der Waals surface area contributed by atoms with E-state index in [1.54, 1.807) is 0 Å². The van der Waals surface area contributed by atoms with E-state index in [0.717, 1.165) is 71.6 Å². The highest BCUT2D eigenvalue weighted by atomic mass is 16.2. The second kappa shape index (κ2) is 10.5. The van der Waals surface area contributed by atoms with Crippen molar-refractivity contribution in [2.45, 2.75) is 25.2 Å². The van der Waals surface area contributed by atoms with Crippen LogP contribution in [-0.2, 0) is 0 Å². The Morgan fingerprint density at radius 2 is 1.57 bits per heavy atom. The molecule has 2 aliphatic heterocycles. The van der Waals surface area contributed by atoms with Gasteiger partial charge in [0.15, 0.2) is 0 Å². The van der Waals surface area contributed by atoms with Crippen molar-refractivity contribution in [3.63, 3.8) is 0 Å². The van der Waals surface area contributed by atoms with E-state index in [9.17, 15) is 4.79 Å². The number of rotatable bonds is 7. The van der Waals surface area contributed by atoms with Gasteiger partial charge in [-0.2, -0.15) is 0 Å². The smallest absolute Gasteiger partial charge is 0.317 e. The average molecular weight is 407 g/mol. The third kappa shape index (κ3) is 5.54. The molecule has 30 heavy (non-hydrogen) atoms. The molecular formula is C25H34N4O. The lowest BCUT2D eigenvalue weighted by molar-refractivity contribution is 0.207. The van der Waals surface area contributed by atoms with Gasteiger partial charge in [0.1, 0.15) is 0 Å². The second-order valence-corrected chi connectivity index (χ2v) is 8.45. The minimum absolute atomic E-state index is 0.102. The Hall–Kier alpha value is -2.53. The number of para-hydroxylation sites is 1. The number of nitrogens with one attached hydrogen (secondary N) is 1. The number of amides is 2. The molecule has 2 saturated heterocycles. The molecule has 0 aromatic heterocycles. The fourth-order valence-electron chi connectivity index (χ4n) is 4.58. The summed E-state index contributed by atoms with van der Waals surface area (Å²) in [7, 11) is 0. The molecule has 2 heterocycles. The summed E-state index contributed by atoms with van der Waals surface area (Å²) in [6, 6.07) is 21.3. The summed E-state index contributed by atoms with van der Waals surface area (Å²) >= 11 is 0. The molecule has 0 saturated carbocycles. The number of likely N-dealkylation sites (tertiary alicyclic amines) is 1. The first-order valence-electron chi connectivity index (χ1n) is 11.4. The summed E-state index contributed by atoms with van der Waals surface area (Å²) in [4.78, 5) is 19.4. The molecule has 0 aliphatic carbocycles. The maximum atomic E-state index is 12.5. The lowest BCUT2D eigenvalue weighted by Crippen LogP contribution is -2.46. The van der Waals surface area contributed by atoms with E-state index < -0.39 is 0 Å². The third-order valence-electron chi connectivity index (χ3n) is 6.42. The molecule has 5 heteroatoms. The van der Waals surface area contributed by atoms with Crippen LogP contribution >= 0.6 is 0 Å². The Morgan fingerprint density at radius 3 is 2.30 bits per heavy atom. The lowest BCUT2D eigenvalue weighted by Gasteiger charge is -2.36. The van der Waals surface area contributed by atoms with Gasteiger partial charge in [-0.25, -0.2) is 4.79 Å². The number of urea groups is 1. The van der Waals surface area contributed by atoms with Crippen LogP contribution in [0.3, 0.4) is 0 Å². The van der Waals surface area contributed by atoms with Crippen molar-refractivity contribution in [3.8, 4) is 0 Å². The van der Waals surface area contributed by atoms with Crippen LogP contribution in [0.15, 0.2) is 60.7 Å². The zero-order valence-corrected chi connectivity index (χ0v) is 17.9. The Morgan fingerprint density at radius 1 is 0.867 bits per heavy atom. The van der Waals surface area contributed by atoms with Gasteiger partial charge in [0.05, 0.1) is 0 Å². The Balaban J connectivity index is 1.08. The average Bonchev–Trinajstić information content (AvgIpc) is 3.31. The lowest BCUT2D eigenvalue weighted by atomic mass is 9.99. The van der Waals surface area contributed by atoms with E-state index in [-0.39, 0.29) is 6.03 Å². The number of benzene rings is 2. The van der Waals surface area contributed by atoms with Crippen molar-refractivity contribution in [2.24, 2.45) is 0 Å². The van der Waals surface area contributed by atoms with Crippen LogP contribution < -0.4 is 10.2 Å². The van der Waals surface area contributed by atoms with Gasteiger partial charge in [0.2, 0.25) is 0 Å². The molecule has 1 atom stereocenters. The van der Waals surface area contributed by atoms with Crippen molar-refractivity contribution >= 4 is 11.7 Å². The maximum Gasteiger partial charge on any atom is 0.317 e. The molecule has 0 bridgehead atoms. The zero-order valence-electron chi connectivity index (χ0n) is 17.9. The van der Waals surface area contributed by atoms with Crippen LogP contribution in [-0.4, -0.2) is 68.2 Å². The highest BCUT2D eigenvalue weighted by molar-refractivity contribution is 5.74. The van der Waals surface area contributed by atoms with Crippen molar-refractivity contribution in [1.82, 2.24) is 15.1 Å². The molecule has 0 radical (unpaired) electrons. The summed E-state index contributed by atoms with van der Waals surface area (Å²) in [5.41, 5.74) is 2.68. The zero-order chi connectivity index (χ0) is 20.6. The minimum atomic E-state index is 0.102. The second-order valence-electron chi connectivity index (χ2n) is 8.45. The third-order valence-corrected chi connectivity index (χ3v) is 6.42. The first-order valence-corrected chi connectivity index (χ1v) is 11.4. The van der Waals surface area contributed by atoms with Crippen LogP contribution in [0.25, 0.3) is 0 Å². The molecular weight excluding hydrogens is 372 g/mol. The standard InChI is InChI=1S/C25H34N4O/c30-25(29-16-13-23(21-29)22-9-3-1-4-10-22)26-14-7-8-15-27-17-19-28(20-18-27)24-11-5-2-6-12-24/h1-6,9-12,23H,7-8,13-21H2,(H,26,30)/t23-/m0/s1. The first-order chi connectivity index (χ1) is 14.8. The van der Waals surface area contributed by atoms with Crippen LogP contribution in [0.4, 0.5) is 10.5 Å². The van der Waals surface area contributed by atoms with Gasteiger partial charge in [0, 0.05) is 57.4 Å². The number of unbranched alkanes of at least 4 members (excludes halogenated alkanes) is 1. The highest BCUT2D eigenvalue weighted by Crippen LogP contribution is 2.26. The largest absolute Gasteiger partial charge is 0.369 e. The summed E-state index contributed by atoms with van der Waals surface area (Å²) in [6.45, 7) is 8.02. The number of anilines is 1. The Labute approximate surface area is 180 Å². The van der Waals surface area contributed by atoms with E-state index in [1.165, 1.54) is 11.3 Å². The van der Waals surface area contributed by atoms with Gasteiger partial charge in [-0.1, -0.05) is 48.5 Å².